The van der Waals surface area contributed by atoms with Gasteiger partial charge in [0, 0.05) is 4.88 Å². The highest BCUT2D eigenvalue weighted by atomic mass is 32.1. The number of nitrogen functional groups attached to an aromatic ring is 1. The van der Waals surface area contributed by atoms with Crippen molar-refractivity contribution in [1.82, 2.24) is 9.97 Å². The second kappa shape index (κ2) is 5.23. The number of nitrogens with zero attached hydrogens (tertiary/aromatic N) is 2. The Morgan fingerprint density at radius 2 is 2.21 bits per heavy atom. The minimum atomic E-state index is -0.491. The molecule has 2 heterocycles. The molecule has 6 nitrogen and oxygen atoms in total. The van der Waals surface area contributed by atoms with E-state index < -0.39 is 5.97 Å². The smallest absolute Gasteiger partial charge is 0.340 e. The van der Waals surface area contributed by atoms with Gasteiger partial charge in [0.25, 0.3) is 0 Å². The molecule has 2 rings (SSSR count). The number of ether oxygens (including phenoxy) is 1. The summed E-state index contributed by atoms with van der Waals surface area (Å²) in [7, 11) is 1.31. The monoisotopic (exact) mass is 278 g/mol. The zero-order valence-corrected chi connectivity index (χ0v) is 11.7. The molecular weight excluding hydrogens is 264 g/mol. The third-order valence-electron chi connectivity index (χ3n) is 2.60. The van der Waals surface area contributed by atoms with E-state index >= 15 is 0 Å². The first-order valence-corrected chi connectivity index (χ1v) is 6.37. The molecular formula is C12H14N4O2S. The Hall–Kier alpha value is -2.15. The molecule has 0 fully saturated rings. The van der Waals surface area contributed by atoms with E-state index in [9.17, 15) is 4.79 Å². The number of aryl methyl sites for hydroxylation is 2. The number of nitrogens with two attached hydrogens (primary N) is 1. The topological polar surface area (TPSA) is 90.1 Å². The molecule has 2 aromatic heterocycles. The van der Waals surface area contributed by atoms with Crippen LogP contribution in [0.5, 0.6) is 0 Å². The van der Waals surface area contributed by atoms with Gasteiger partial charge < -0.3 is 15.8 Å². The fourth-order valence-corrected chi connectivity index (χ4v) is 2.28. The van der Waals surface area contributed by atoms with E-state index in [-0.39, 0.29) is 11.3 Å². The summed E-state index contributed by atoms with van der Waals surface area (Å²) in [5.74, 6) is 0.0119. The van der Waals surface area contributed by atoms with Crippen LogP contribution in [0.3, 0.4) is 0 Å². The Labute approximate surface area is 114 Å². The summed E-state index contributed by atoms with van der Waals surface area (Å²) in [6.45, 7) is 3.93. The van der Waals surface area contributed by atoms with Crippen LogP contribution in [-0.4, -0.2) is 23.0 Å². The van der Waals surface area contributed by atoms with Crippen molar-refractivity contribution >= 4 is 33.9 Å². The largest absolute Gasteiger partial charge is 0.465 e. The molecule has 0 saturated carbocycles. The Morgan fingerprint density at radius 1 is 1.47 bits per heavy atom. The molecule has 2 aromatic rings. The van der Waals surface area contributed by atoms with Crippen LogP contribution in [0.4, 0.5) is 16.6 Å². The van der Waals surface area contributed by atoms with Gasteiger partial charge in [-0.1, -0.05) is 0 Å². The van der Waals surface area contributed by atoms with Crippen LogP contribution in [0.2, 0.25) is 0 Å². The van der Waals surface area contributed by atoms with Gasteiger partial charge in [-0.2, -0.15) is 0 Å². The number of hydrogen-bond donors (Lipinski definition) is 2. The summed E-state index contributed by atoms with van der Waals surface area (Å²) >= 11 is 1.52. The van der Waals surface area contributed by atoms with Crippen LogP contribution in [0.25, 0.3) is 0 Å². The standard InChI is InChI=1S/C12H14N4O2S/c1-6-7(2)19-12(15-6)16-10-4-8(11(17)18-3)9(13)5-14-10/h4-5H,13H2,1-3H3,(H,14,15,16). The first-order chi connectivity index (χ1) is 9.01. The predicted octanol–water partition coefficient (Wildman–Crippen LogP) is 2.27. The molecule has 19 heavy (non-hydrogen) atoms. The molecule has 0 saturated heterocycles. The number of methoxy groups -OCH3 is 1. The first-order valence-electron chi connectivity index (χ1n) is 5.56. The van der Waals surface area contributed by atoms with Crippen molar-refractivity contribution in [2.24, 2.45) is 0 Å². The number of carbonyl (C=O) groups is 1. The normalized spacial score (nSPS) is 10.3. The lowest BCUT2D eigenvalue weighted by Gasteiger charge is -2.06. The van der Waals surface area contributed by atoms with Crippen LogP contribution < -0.4 is 11.1 Å². The van der Waals surface area contributed by atoms with Crippen molar-refractivity contribution in [3.05, 3.63) is 28.4 Å². The average Bonchev–Trinajstić information content (AvgIpc) is 2.69. The second-order valence-corrected chi connectivity index (χ2v) is 5.14. The Bertz CT molecular complexity index is 605. The molecule has 0 atom stereocenters. The van der Waals surface area contributed by atoms with E-state index in [2.05, 4.69) is 20.0 Å². The summed E-state index contributed by atoms with van der Waals surface area (Å²) in [5, 5.41) is 3.77. The Kier molecular flexibility index (Phi) is 3.66. The highest BCUT2D eigenvalue weighted by Gasteiger charge is 2.12. The van der Waals surface area contributed by atoms with Crippen molar-refractivity contribution in [2.75, 3.05) is 18.2 Å². The molecule has 0 radical (unpaired) electrons. The van der Waals surface area contributed by atoms with Gasteiger partial charge in [-0.05, 0) is 19.9 Å². The lowest BCUT2D eigenvalue weighted by atomic mass is 10.2. The van der Waals surface area contributed by atoms with Crippen LogP contribution in [-0.2, 0) is 4.74 Å². The maximum absolute atomic E-state index is 11.5. The predicted molar refractivity (Wildman–Crippen MR) is 74.9 cm³/mol. The molecule has 0 aliphatic carbocycles. The SMILES string of the molecule is COC(=O)c1cc(Nc2nc(C)c(C)s2)ncc1N. The van der Waals surface area contributed by atoms with Crippen molar-refractivity contribution in [3.8, 4) is 0 Å². The van der Waals surface area contributed by atoms with E-state index in [1.807, 2.05) is 13.8 Å². The minimum absolute atomic E-state index is 0.281. The van der Waals surface area contributed by atoms with E-state index in [1.165, 1.54) is 24.6 Å². The van der Waals surface area contributed by atoms with E-state index in [0.29, 0.717) is 5.82 Å². The fraction of sp³-hybridized carbons (Fsp3) is 0.250. The number of anilines is 3. The van der Waals surface area contributed by atoms with Gasteiger partial charge in [0.1, 0.15) is 5.82 Å². The van der Waals surface area contributed by atoms with Gasteiger partial charge in [-0.3, -0.25) is 0 Å². The van der Waals surface area contributed by atoms with Gasteiger partial charge in [0.15, 0.2) is 5.13 Å². The first kappa shape index (κ1) is 13.3. The molecule has 0 unspecified atom stereocenters. The zero-order valence-electron chi connectivity index (χ0n) is 10.9. The molecule has 100 valence electrons. The van der Waals surface area contributed by atoms with Gasteiger partial charge >= 0.3 is 5.97 Å². The number of carbonyl (C=O) groups excluding carboxylic acids is 1. The number of hydrogen-bond acceptors (Lipinski definition) is 7. The molecule has 0 aliphatic heterocycles. The maximum atomic E-state index is 11.5. The molecule has 0 amide bonds. The molecule has 0 bridgehead atoms. The van der Waals surface area contributed by atoms with Crippen molar-refractivity contribution < 1.29 is 9.53 Å². The average molecular weight is 278 g/mol. The van der Waals surface area contributed by atoms with Gasteiger partial charge in [0.05, 0.1) is 30.3 Å². The summed E-state index contributed by atoms with van der Waals surface area (Å²) in [6.07, 6.45) is 1.42. The molecule has 0 aliphatic rings. The van der Waals surface area contributed by atoms with Crippen molar-refractivity contribution in [3.63, 3.8) is 0 Å². The number of nitrogens with one attached hydrogen (secondary N) is 1. The van der Waals surface area contributed by atoms with E-state index in [4.69, 9.17) is 5.73 Å². The van der Waals surface area contributed by atoms with Gasteiger partial charge in [-0.15, -0.1) is 11.3 Å². The summed E-state index contributed by atoms with van der Waals surface area (Å²) in [4.78, 5) is 21.1. The lowest BCUT2D eigenvalue weighted by molar-refractivity contribution is 0.0602. The van der Waals surface area contributed by atoms with Crippen molar-refractivity contribution in [1.29, 1.82) is 0 Å². The minimum Gasteiger partial charge on any atom is -0.465 e. The highest BCUT2D eigenvalue weighted by molar-refractivity contribution is 7.15. The number of pyridine rings is 1. The number of aromatic nitrogens is 2. The highest BCUT2D eigenvalue weighted by Crippen LogP contribution is 2.25. The molecule has 0 spiro atoms. The third kappa shape index (κ3) is 2.82. The molecule has 7 heteroatoms. The lowest BCUT2D eigenvalue weighted by Crippen LogP contribution is -2.07. The summed E-state index contributed by atoms with van der Waals surface area (Å²) in [6, 6.07) is 1.55. The third-order valence-corrected chi connectivity index (χ3v) is 3.59. The molecule has 3 N–H and O–H groups in total. The zero-order chi connectivity index (χ0) is 14.0. The second-order valence-electron chi connectivity index (χ2n) is 3.93. The molecule has 0 aromatic carbocycles. The van der Waals surface area contributed by atoms with Crippen LogP contribution >= 0.6 is 11.3 Å². The van der Waals surface area contributed by atoms with E-state index in [1.54, 1.807) is 6.07 Å². The number of rotatable bonds is 3. The number of thiazole rings is 1. The Morgan fingerprint density at radius 3 is 2.79 bits per heavy atom. The maximum Gasteiger partial charge on any atom is 0.340 e. The van der Waals surface area contributed by atoms with Crippen LogP contribution in [0.1, 0.15) is 20.9 Å². The summed E-state index contributed by atoms with van der Waals surface area (Å²) in [5.41, 5.74) is 7.22. The van der Waals surface area contributed by atoms with E-state index in [0.717, 1.165) is 15.7 Å². The van der Waals surface area contributed by atoms with Gasteiger partial charge in [-0.25, -0.2) is 14.8 Å². The number of esters is 1. The van der Waals surface area contributed by atoms with Crippen LogP contribution in [0.15, 0.2) is 12.3 Å². The van der Waals surface area contributed by atoms with Crippen LogP contribution in [0, 0.1) is 13.8 Å². The Balaban J connectivity index is 2.28. The summed E-state index contributed by atoms with van der Waals surface area (Å²) < 4.78 is 4.66. The van der Waals surface area contributed by atoms with Gasteiger partial charge in [0.2, 0.25) is 0 Å². The quantitative estimate of drug-likeness (QED) is 0.837. The van der Waals surface area contributed by atoms with Crippen molar-refractivity contribution in [2.45, 2.75) is 13.8 Å². The fourth-order valence-electron chi connectivity index (χ4n) is 1.46.